The maximum Gasteiger partial charge on any atom is 0.262 e. The van der Waals surface area contributed by atoms with E-state index in [-0.39, 0.29) is 23.2 Å². The summed E-state index contributed by atoms with van der Waals surface area (Å²) in [5.41, 5.74) is 0.376. The number of rotatable bonds is 6. The van der Waals surface area contributed by atoms with Gasteiger partial charge in [-0.25, -0.2) is 4.98 Å². The fraction of sp³-hybridized carbons (Fsp3) is 0.316. The van der Waals surface area contributed by atoms with Crippen LogP contribution in [-0.4, -0.2) is 33.8 Å². The number of carbonyl (C=O) groups is 1. The average molecular weight is 455 g/mol. The lowest BCUT2D eigenvalue weighted by atomic mass is 10.2. The molecule has 0 spiro atoms. The largest absolute Gasteiger partial charge is 0.376 e. The number of Topliss-reactive ketones (excluding diaryl/α,β-unsaturated/α-hetero) is 1. The van der Waals surface area contributed by atoms with Crippen LogP contribution in [-0.2, 0) is 11.3 Å². The lowest BCUT2D eigenvalue weighted by Crippen LogP contribution is -2.29. The third kappa shape index (κ3) is 4.28. The molecule has 0 radical (unpaired) electrons. The van der Waals surface area contributed by atoms with Gasteiger partial charge in [-0.2, -0.15) is 0 Å². The standard InChI is InChI=1S/C19H16Cl2N2O3S2/c20-11-3-4-13-14(8-11)22-19(23(18(13)25)9-12-2-1-7-26-12)27-10-15(24)16-5-6-17(21)28-16/h3-6,8,12H,1-2,7,9-10H2. The number of halogens is 2. The summed E-state index contributed by atoms with van der Waals surface area (Å²) < 4.78 is 7.89. The van der Waals surface area contributed by atoms with Crippen LogP contribution < -0.4 is 5.56 Å². The van der Waals surface area contributed by atoms with Crippen molar-refractivity contribution < 1.29 is 9.53 Å². The summed E-state index contributed by atoms with van der Waals surface area (Å²) in [5, 5.41) is 1.51. The van der Waals surface area contributed by atoms with Crippen LogP contribution in [0.4, 0.5) is 0 Å². The normalized spacial score (nSPS) is 16.7. The van der Waals surface area contributed by atoms with Crippen LogP contribution in [0.25, 0.3) is 10.9 Å². The fourth-order valence-electron chi connectivity index (χ4n) is 3.10. The summed E-state index contributed by atoms with van der Waals surface area (Å²) in [5.74, 6) is 0.118. The molecule has 4 rings (SSSR count). The number of hydrogen-bond donors (Lipinski definition) is 0. The third-order valence-corrected chi connectivity index (χ3v) is 6.96. The van der Waals surface area contributed by atoms with E-state index in [4.69, 9.17) is 27.9 Å². The van der Waals surface area contributed by atoms with E-state index >= 15 is 0 Å². The Balaban J connectivity index is 1.67. The Kier molecular flexibility index (Phi) is 6.08. The number of carbonyl (C=O) groups excluding carboxylic acids is 1. The van der Waals surface area contributed by atoms with Crippen LogP contribution in [0.2, 0.25) is 9.36 Å². The summed E-state index contributed by atoms with van der Waals surface area (Å²) in [4.78, 5) is 30.7. The predicted molar refractivity (Wildman–Crippen MR) is 114 cm³/mol. The molecule has 5 nitrogen and oxygen atoms in total. The molecule has 0 N–H and O–H groups in total. The van der Waals surface area contributed by atoms with Crippen molar-refractivity contribution in [3.05, 3.63) is 54.9 Å². The van der Waals surface area contributed by atoms with Gasteiger partial charge in [-0.3, -0.25) is 14.2 Å². The first-order chi connectivity index (χ1) is 13.5. The zero-order valence-electron chi connectivity index (χ0n) is 14.7. The average Bonchev–Trinajstić information content (AvgIpc) is 3.34. The zero-order valence-corrected chi connectivity index (χ0v) is 17.8. The van der Waals surface area contributed by atoms with Crippen LogP contribution in [0, 0.1) is 0 Å². The van der Waals surface area contributed by atoms with Crippen molar-refractivity contribution in [3.63, 3.8) is 0 Å². The van der Waals surface area contributed by atoms with Gasteiger partial charge in [-0.05, 0) is 43.2 Å². The predicted octanol–water partition coefficient (Wildman–Crippen LogP) is 4.92. The molecule has 3 heterocycles. The first kappa shape index (κ1) is 19.9. The summed E-state index contributed by atoms with van der Waals surface area (Å²) in [7, 11) is 0. The number of aromatic nitrogens is 2. The highest BCUT2D eigenvalue weighted by atomic mass is 35.5. The number of hydrogen-bond acceptors (Lipinski definition) is 6. The summed E-state index contributed by atoms with van der Waals surface area (Å²) >= 11 is 14.5. The van der Waals surface area contributed by atoms with Crippen LogP contribution in [0.3, 0.4) is 0 Å². The topological polar surface area (TPSA) is 61.2 Å². The molecular formula is C19H16Cl2N2O3S2. The van der Waals surface area contributed by atoms with E-state index in [2.05, 4.69) is 4.98 Å². The SMILES string of the molecule is O=C(CSc1nc2cc(Cl)ccc2c(=O)n1CC1CCCO1)c1ccc(Cl)s1. The Morgan fingerprint density at radius 1 is 1.32 bits per heavy atom. The van der Waals surface area contributed by atoms with Gasteiger partial charge in [-0.15, -0.1) is 11.3 Å². The van der Waals surface area contributed by atoms with Gasteiger partial charge in [0.25, 0.3) is 5.56 Å². The minimum absolute atomic E-state index is 0.0181. The molecule has 1 saturated heterocycles. The van der Waals surface area contributed by atoms with Gasteiger partial charge in [0.15, 0.2) is 10.9 Å². The Morgan fingerprint density at radius 2 is 2.18 bits per heavy atom. The van der Waals surface area contributed by atoms with Gasteiger partial charge >= 0.3 is 0 Å². The maximum atomic E-state index is 13.1. The molecule has 1 aliphatic heterocycles. The van der Waals surface area contributed by atoms with Crippen molar-refractivity contribution in [1.82, 2.24) is 9.55 Å². The highest BCUT2D eigenvalue weighted by Crippen LogP contribution is 2.26. The van der Waals surface area contributed by atoms with Gasteiger partial charge in [0, 0.05) is 11.6 Å². The van der Waals surface area contributed by atoms with E-state index in [1.165, 1.54) is 23.1 Å². The monoisotopic (exact) mass is 454 g/mol. The summed E-state index contributed by atoms with van der Waals surface area (Å²) in [6, 6.07) is 8.45. The van der Waals surface area contributed by atoms with Crippen molar-refractivity contribution in [3.8, 4) is 0 Å². The molecule has 1 aromatic carbocycles. The third-order valence-electron chi connectivity index (χ3n) is 4.47. The van der Waals surface area contributed by atoms with E-state index in [9.17, 15) is 9.59 Å². The van der Waals surface area contributed by atoms with Crippen LogP contribution in [0.15, 0.2) is 40.3 Å². The van der Waals surface area contributed by atoms with Crippen molar-refractivity contribution in [2.24, 2.45) is 0 Å². The van der Waals surface area contributed by atoms with Crippen LogP contribution >= 0.6 is 46.3 Å². The van der Waals surface area contributed by atoms with E-state index in [0.717, 1.165) is 12.8 Å². The number of thiophene rings is 1. The summed E-state index contributed by atoms with van der Waals surface area (Å²) in [6.45, 7) is 1.13. The number of nitrogens with zero attached hydrogens (tertiary/aromatic N) is 2. The molecule has 1 fully saturated rings. The molecular weight excluding hydrogens is 439 g/mol. The van der Waals surface area contributed by atoms with Crippen molar-refractivity contribution in [1.29, 1.82) is 0 Å². The second-order valence-electron chi connectivity index (χ2n) is 6.42. The minimum atomic E-state index is -0.147. The van der Waals surface area contributed by atoms with Crippen molar-refractivity contribution >= 4 is 63.0 Å². The lowest BCUT2D eigenvalue weighted by Gasteiger charge is -2.16. The molecule has 3 aromatic rings. The number of benzene rings is 1. The quantitative estimate of drug-likeness (QED) is 0.300. The number of ether oxygens (including phenoxy) is 1. The molecule has 1 atom stereocenters. The summed E-state index contributed by atoms with van der Waals surface area (Å²) in [6.07, 6.45) is 1.87. The molecule has 1 unspecified atom stereocenters. The highest BCUT2D eigenvalue weighted by Gasteiger charge is 2.21. The lowest BCUT2D eigenvalue weighted by molar-refractivity contribution is 0.0937. The molecule has 146 valence electrons. The van der Waals surface area contributed by atoms with E-state index in [1.807, 2.05) is 0 Å². The molecule has 0 bridgehead atoms. The second kappa shape index (κ2) is 8.55. The Morgan fingerprint density at radius 3 is 2.89 bits per heavy atom. The van der Waals surface area contributed by atoms with Gasteiger partial charge in [0.05, 0.1) is 38.5 Å². The van der Waals surface area contributed by atoms with Crippen molar-refractivity contribution in [2.45, 2.75) is 30.6 Å². The van der Waals surface area contributed by atoms with E-state index in [0.29, 0.717) is 43.4 Å². The minimum Gasteiger partial charge on any atom is -0.376 e. The molecule has 2 aromatic heterocycles. The number of fused-ring (bicyclic) bond motifs is 1. The van der Waals surface area contributed by atoms with Crippen LogP contribution in [0.1, 0.15) is 22.5 Å². The molecule has 28 heavy (non-hydrogen) atoms. The molecule has 1 aliphatic rings. The highest BCUT2D eigenvalue weighted by molar-refractivity contribution is 7.99. The van der Waals surface area contributed by atoms with E-state index in [1.54, 1.807) is 34.9 Å². The van der Waals surface area contributed by atoms with Crippen LogP contribution in [0.5, 0.6) is 0 Å². The van der Waals surface area contributed by atoms with Gasteiger partial charge < -0.3 is 4.74 Å². The van der Waals surface area contributed by atoms with Crippen molar-refractivity contribution in [2.75, 3.05) is 12.4 Å². The Labute approximate surface area is 179 Å². The zero-order chi connectivity index (χ0) is 19.7. The first-order valence-electron chi connectivity index (χ1n) is 8.74. The molecule has 0 saturated carbocycles. The smallest absolute Gasteiger partial charge is 0.262 e. The maximum absolute atomic E-state index is 13.1. The Hall–Kier alpha value is -1.38. The van der Waals surface area contributed by atoms with Gasteiger partial charge in [-0.1, -0.05) is 35.0 Å². The number of ketones is 1. The first-order valence-corrected chi connectivity index (χ1v) is 11.3. The van der Waals surface area contributed by atoms with Gasteiger partial charge in [0.2, 0.25) is 0 Å². The van der Waals surface area contributed by atoms with E-state index < -0.39 is 0 Å². The number of thioether (sulfide) groups is 1. The fourth-order valence-corrected chi connectivity index (χ4v) is 5.23. The van der Waals surface area contributed by atoms with Gasteiger partial charge in [0.1, 0.15) is 0 Å². The Bertz CT molecular complexity index is 1090. The molecule has 9 heteroatoms. The molecule has 0 amide bonds. The molecule has 0 aliphatic carbocycles. The second-order valence-corrected chi connectivity index (χ2v) is 9.52.